The predicted molar refractivity (Wildman–Crippen MR) is 135 cm³/mol. The van der Waals surface area contributed by atoms with Crippen LogP contribution in [0.2, 0.25) is 0 Å². The minimum absolute atomic E-state index is 0.00976. The lowest BCUT2D eigenvalue weighted by Crippen LogP contribution is -2.59. The van der Waals surface area contributed by atoms with E-state index in [1.54, 1.807) is 13.8 Å². The molecule has 3 amide bonds. The molecule has 11 heteroatoms. The number of aliphatic carboxylic acids is 1. The summed E-state index contributed by atoms with van der Waals surface area (Å²) in [5.74, 6) is -3.87. The maximum atomic E-state index is 12.9. The second-order valence-corrected chi connectivity index (χ2v) is 9.04. The Balaban J connectivity index is 2.01. The Labute approximate surface area is 215 Å². The lowest BCUT2D eigenvalue weighted by atomic mass is 10.0. The first-order chi connectivity index (χ1) is 17.5. The Hall–Kier alpha value is -3.96. The molecule has 200 valence electrons. The highest BCUT2D eigenvalue weighted by molar-refractivity contribution is 5.94. The Morgan fingerprint density at radius 2 is 1.35 bits per heavy atom. The van der Waals surface area contributed by atoms with Crippen molar-refractivity contribution in [3.8, 4) is 5.75 Å². The highest BCUT2D eigenvalue weighted by atomic mass is 16.4. The van der Waals surface area contributed by atoms with Crippen LogP contribution < -0.4 is 21.7 Å². The van der Waals surface area contributed by atoms with Gasteiger partial charge in [-0.15, -0.1) is 0 Å². The van der Waals surface area contributed by atoms with Crippen LogP contribution in [0.5, 0.6) is 5.75 Å². The number of carbonyl (C=O) groups is 4. The van der Waals surface area contributed by atoms with E-state index in [1.807, 2.05) is 30.3 Å². The minimum Gasteiger partial charge on any atom is -0.508 e. The first-order valence-corrected chi connectivity index (χ1v) is 11.8. The number of hydrogen-bond donors (Lipinski definition) is 7. The van der Waals surface area contributed by atoms with Crippen LogP contribution in [0.1, 0.15) is 25.0 Å². The quantitative estimate of drug-likeness (QED) is 0.189. The second kappa shape index (κ2) is 14.0. The molecule has 0 bridgehead atoms. The van der Waals surface area contributed by atoms with E-state index >= 15 is 0 Å². The highest BCUT2D eigenvalue weighted by Crippen LogP contribution is 2.12. The molecule has 2 aromatic rings. The van der Waals surface area contributed by atoms with E-state index in [9.17, 15) is 34.5 Å². The molecule has 0 heterocycles. The number of carbonyl (C=O) groups excluding carboxylic acids is 3. The molecule has 0 spiro atoms. The zero-order valence-electron chi connectivity index (χ0n) is 20.8. The molecule has 2 aromatic carbocycles. The third-order valence-corrected chi connectivity index (χ3v) is 5.69. The third-order valence-electron chi connectivity index (χ3n) is 5.69. The summed E-state index contributed by atoms with van der Waals surface area (Å²) in [6, 6.07) is 10.2. The molecule has 2 rings (SSSR count). The smallest absolute Gasteiger partial charge is 0.326 e. The van der Waals surface area contributed by atoms with E-state index in [1.165, 1.54) is 24.3 Å². The molecular formula is C26H34N4O7. The zero-order chi connectivity index (χ0) is 27.5. The van der Waals surface area contributed by atoms with Crippen LogP contribution in [0.25, 0.3) is 0 Å². The largest absolute Gasteiger partial charge is 0.508 e. The number of carboxylic acid groups (broad SMARTS) is 1. The molecule has 0 aliphatic heterocycles. The van der Waals surface area contributed by atoms with Crippen LogP contribution >= 0.6 is 0 Å². The van der Waals surface area contributed by atoms with Crippen LogP contribution in [-0.2, 0) is 32.0 Å². The molecule has 4 unspecified atom stereocenters. The Morgan fingerprint density at radius 1 is 0.784 bits per heavy atom. The summed E-state index contributed by atoms with van der Waals surface area (Å²) >= 11 is 0. The Morgan fingerprint density at radius 3 is 1.89 bits per heavy atom. The van der Waals surface area contributed by atoms with Gasteiger partial charge in [-0.3, -0.25) is 14.4 Å². The van der Waals surface area contributed by atoms with E-state index in [0.29, 0.717) is 5.56 Å². The number of nitrogens with two attached hydrogens (primary N) is 1. The van der Waals surface area contributed by atoms with E-state index in [0.717, 1.165) is 5.56 Å². The molecule has 0 radical (unpaired) electrons. The van der Waals surface area contributed by atoms with Gasteiger partial charge in [-0.25, -0.2) is 4.79 Å². The molecule has 4 atom stereocenters. The summed E-state index contributed by atoms with van der Waals surface area (Å²) in [5.41, 5.74) is 7.41. The lowest BCUT2D eigenvalue weighted by Gasteiger charge is -2.26. The fourth-order valence-corrected chi connectivity index (χ4v) is 3.55. The molecule has 0 saturated heterocycles. The van der Waals surface area contributed by atoms with Crippen molar-refractivity contribution in [2.24, 2.45) is 11.7 Å². The van der Waals surface area contributed by atoms with Gasteiger partial charge >= 0.3 is 5.97 Å². The van der Waals surface area contributed by atoms with Crippen molar-refractivity contribution in [1.29, 1.82) is 0 Å². The summed E-state index contributed by atoms with van der Waals surface area (Å²) < 4.78 is 0. The van der Waals surface area contributed by atoms with Gasteiger partial charge in [-0.05, 0) is 35.6 Å². The highest BCUT2D eigenvalue weighted by Gasteiger charge is 2.31. The SMILES string of the molecule is CC(C)C(NC(=O)C(N)Cc1ccccc1)C(=O)NC(CO)C(=O)NC(Cc1ccc(O)cc1)C(=O)O. The summed E-state index contributed by atoms with van der Waals surface area (Å²) in [4.78, 5) is 49.9. The van der Waals surface area contributed by atoms with Gasteiger partial charge < -0.3 is 37.0 Å². The van der Waals surface area contributed by atoms with Crippen LogP contribution in [0.4, 0.5) is 0 Å². The molecular weight excluding hydrogens is 480 g/mol. The first kappa shape index (κ1) is 29.3. The van der Waals surface area contributed by atoms with Crippen molar-refractivity contribution < 1.29 is 34.5 Å². The topological polar surface area (TPSA) is 191 Å². The number of phenolic OH excluding ortho intramolecular Hbond substituents is 1. The summed E-state index contributed by atoms with van der Waals surface area (Å²) in [6.07, 6.45) is 0.176. The van der Waals surface area contributed by atoms with Crippen molar-refractivity contribution in [2.75, 3.05) is 6.61 Å². The summed E-state index contributed by atoms with van der Waals surface area (Å²) in [6.45, 7) is 2.59. The fraction of sp³-hybridized carbons (Fsp3) is 0.385. The maximum absolute atomic E-state index is 12.9. The average Bonchev–Trinajstić information content (AvgIpc) is 2.86. The standard InChI is InChI=1S/C26H34N4O7/c1-15(2)22(30-23(33)19(27)12-16-6-4-3-5-7-16)25(35)29-21(14-31)24(34)28-20(26(36)37)13-17-8-10-18(32)11-9-17/h3-11,15,19-22,31-32H,12-14,27H2,1-2H3,(H,28,34)(H,29,35)(H,30,33)(H,36,37). The number of aliphatic hydroxyl groups excluding tert-OH is 1. The number of aromatic hydroxyl groups is 1. The van der Waals surface area contributed by atoms with Gasteiger partial charge in [0, 0.05) is 6.42 Å². The summed E-state index contributed by atoms with van der Waals surface area (Å²) in [7, 11) is 0. The van der Waals surface area contributed by atoms with Gasteiger partial charge in [0.2, 0.25) is 17.7 Å². The number of amides is 3. The molecule has 37 heavy (non-hydrogen) atoms. The van der Waals surface area contributed by atoms with Crippen LogP contribution in [-0.4, -0.2) is 69.8 Å². The van der Waals surface area contributed by atoms with E-state index in [-0.39, 0.29) is 24.5 Å². The monoisotopic (exact) mass is 514 g/mol. The summed E-state index contributed by atoms with van der Waals surface area (Å²) in [5, 5.41) is 35.9. The Bertz CT molecular complexity index is 1060. The van der Waals surface area contributed by atoms with Gasteiger partial charge in [-0.2, -0.15) is 0 Å². The lowest BCUT2D eigenvalue weighted by molar-refractivity contribution is -0.142. The van der Waals surface area contributed by atoms with Crippen LogP contribution in [0.15, 0.2) is 54.6 Å². The van der Waals surface area contributed by atoms with Crippen molar-refractivity contribution in [3.63, 3.8) is 0 Å². The molecule has 0 aliphatic carbocycles. The third kappa shape index (κ3) is 9.21. The number of benzene rings is 2. The maximum Gasteiger partial charge on any atom is 0.326 e. The molecule has 0 aliphatic rings. The molecule has 0 saturated carbocycles. The fourth-order valence-electron chi connectivity index (χ4n) is 3.55. The van der Waals surface area contributed by atoms with Crippen molar-refractivity contribution in [1.82, 2.24) is 16.0 Å². The number of hydrogen-bond acceptors (Lipinski definition) is 7. The van der Waals surface area contributed by atoms with Gasteiger partial charge in [0.15, 0.2) is 0 Å². The van der Waals surface area contributed by atoms with Crippen molar-refractivity contribution in [3.05, 3.63) is 65.7 Å². The van der Waals surface area contributed by atoms with Gasteiger partial charge in [0.25, 0.3) is 0 Å². The molecule has 0 fully saturated rings. The number of nitrogens with one attached hydrogen (secondary N) is 3. The first-order valence-electron chi connectivity index (χ1n) is 11.8. The average molecular weight is 515 g/mol. The predicted octanol–water partition coefficient (Wildman–Crippen LogP) is -0.308. The van der Waals surface area contributed by atoms with Crippen LogP contribution in [0, 0.1) is 5.92 Å². The van der Waals surface area contributed by atoms with Gasteiger partial charge in [0.05, 0.1) is 12.6 Å². The van der Waals surface area contributed by atoms with E-state index in [2.05, 4.69) is 16.0 Å². The molecule has 11 nitrogen and oxygen atoms in total. The molecule has 8 N–H and O–H groups in total. The zero-order valence-corrected chi connectivity index (χ0v) is 20.8. The number of phenols is 1. The normalized spacial score (nSPS) is 14.2. The minimum atomic E-state index is -1.45. The second-order valence-electron chi connectivity index (χ2n) is 9.04. The Kier molecular flexibility index (Phi) is 11.0. The van der Waals surface area contributed by atoms with Gasteiger partial charge in [0.1, 0.15) is 23.9 Å². The number of aliphatic hydroxyl groups is 1. The van der Waals surface area contributed by atoms with Crippen molar-refractivity contribution in [2.45, 2.75) is 50.9 Å². The van der Waals surface area contributed by atoms with Crippen molar-refractivity contribution >= 4 is 23.7 Å². The van der Waals surface area contributed by atoms with E-state index < -0.39 is 54.5 Å². The van der Waals surface area contributed by atoms with E-state index in [4.69, 9.17) is 5.73 Å². The van der Waals surface area contributed by atoms with Gasteiger partial charge in [-0.1, -0.05) is 56.3 Å². The van der Waals surface area contributed by atoms with Crippen LogP contribution in [0.3, 0.4) is 0 Å². The number of rotatable bonds is 13. The number of carboxylic acids is 1. The molecule has 0 aromatic heterocycles.